The summed E-state index contributed by atoms with van der Waals surface area (Å²) in [5.74, 6) is -7.84. The normalized spacial score (nSPS) is 10.0. The Bertz CT molecular complexity index is 226. The van der Waals surface area contributed by atoms with Crippen molar-refractivity contribution in [2.75, 3.05) is 0 Å². The molecule has 6 nitrogen and oxygen atoms in total. The monoisotopic (exact) mass is 172 g/mol. The minimum Gasteiger partial charge on any atom is -0.867 e. The second-order valence-corrected chi connectivity index (χ2v) is 2.05. The second kappa shape index (κ2) is 2.26. The molecule has 0 aromatic heterocycles. The molecule has 0 aliphatic heterocycles. The van der Waals surface area contributed by atoms with Gasteiger partial charge in [0.1, 0.15) is 0 Å². The summed E-state index contributed by atoms with van der Waals surface area (Å²) in [6, 6.07) is 0. The standard InChI is InChI=1S/C6H5O6/c7-1-2(8)4(10)6(12)5(11)3(1)9/h7-11H/p-1. The van der Waals surface area contributed by atoms with Crippen LogP contribution in [-0.4, -0.2) is 20.4 Å². The van der Waals surface area contributed by atoms with Crippen molar-refractivity contribution in [2.24, 2.45) is 0 Å². The lowest BCUT2D eigenvalue weighted by molar-refractivity contribution is -0.273. The largest absolute Gasteiger partial charge is 0.867 e. The number of benzene rings is 1. The number of hydrogen-bond donors (Lipinski definition) is 4. The third kappa shape index (κ3) is 0.815. The van der Waals surface area contributed by atoms with Crippen molar-refractivity contribution in [1.29, 1.82) is 0 Å². The van der Waals surface area contributed by atoms with E-state index in [4.69, 9.17) is 20.4 Å². The van der Waals surface area contributed by atoms with Gasteiger partial charge in [-0.3, -0.25) is 5.11 Å². The molecule has 0 spiro atoms. The molecule has 1 aromatic carbocycles. The molecule has 0 aliphatic carbocycles. The number of hydrogen-bond acceptors (Lipinski definition) is 5. The van der Waals surface area contributed by atoms with Gasteiger partial charge >= 0.3 is 0 Å². The maximum Gasteiger partial charge on any atom is 0.220 e. The second-order valence-electron chi connectivity index (χ2n) is 2.05. The van der Waals surface area contributed by atoms with Crippen LogP contribution < -0.4 is 5.11 Å². The topological polar surface area (TPSA) is 124 Å². The van der Waals surface area contributed by atoms with Gasteiger partial charge in [-0.05, 0) is 5.75 Å². The van der Waals surface area contributed by atoms with Gasteiger partial charge in [-0.25, -0.2) is 0 Å². The molecule has 6 heteroatoms. The van der Waals surface area contributed by atoms with Gasteiger partial charge in [0.05, 0.1) is 0 Å². The predicted molar refractivity (Wildman–Crippen MR) is 32.7 cm³/mol. The highest BCUT2D eigenvalue weighted by molar-refractivity contribution is 5.69. The van der Waals surface area contributed by atoms with E-state index in [9.17, 15) is 10.2 Å². The highest BCUT2D eigenvalue weighted by Gasteiger charge is 2.18. The van der Waals surface area contributed by atoms with Gasteiger partial charge in [0.2, 0.25) is 23.0 Å². The van der Waals surface area contributed by atoms with Crippen LogP contribution in [0.3, 0.4) is 0 Å². The quantitative estimate of drug-likeness (QED) is 0.316. The Hall–Kier alpha value is -1.98. The van der Waals surface area contributed by atoms with Crippen LogP contribution in [0.5, 0.6) is 34.5 Å². The summed E-state index contributed by atoms with van der Waals surface area (Å²) in [5, 5.41) is 55.8. The fraction of sp³-hybridized carbons (Fsp3) is 0. The Morgan fingerprint density at radius 2 is 1.25 bits per heavy atom. The van der Waals surface area contributed by atoms with Gasteiger partial charge in [-0.15, -0.1) is 0 Å². The first-order valence-corrected chi connectivity index (χ1v) is 2.80. The maximum atomic E-state index is 10.6. The minimum atomic E-state index is -1.46. The average Bonchev–Trinajstić information content (AvgIpc) is 2.08. The zero-order chi connectivity index (χ0) is 9.46. The molecule has 1 aromatic rings. The van der Waals surface area contributed by atoms with E-state index in [-0.39, 0.29) is 0 Å². The van der Waals surface area contributed by atoms with Gasteiger partial charge in [-0.2, -0.15) is 0 Å². The fourth-order valence-electron chi connectivity index (χ4n) is 0.654. The van der Waals surface area contributed by atoms with E-state index in [0.717, 1.165) is 0 Å². The van der Waals surface area contributed by atoms with Gasteiger partial charge in [0, 0.05) is 0 Å². The highest BCUT2D eigenvalue weighted by Crippen LogP contribution is 2.53. The van der Waals surface area contributed by atoms with E-state index < -0.39 is 34.5 Å². The van der Waals surface area contributed by atoms with Crippen LogP contribution in [0.2, 0.25) is 0 Å². The molecule has 1 rings (SSSR count). The van der Waals surface area contributed by atoms with E-state index in [0.29, 0.717) is 0 Å². The zero-order valence-electron chi connectivity index (χ0n) is 5.61. The van der Waals surface area contributed by atoms with Crippen LogP contribution in [0, 0.1) is 0 Å². The third-order valence-electron chi connectivity index (χ3n) is 1.31. The molecule has 0 unspecified atom stereocenters. The van der Waals surface area contributed by atoms with E-state index in [1.807, 2.05) is 0 Å². The Morgan fingerprint density at radius 3 is 1.75 bits per heavy atom. The van der Waals surface area contributed by atoms with E-state index in [1.165, 1.54) is 0 Å². The molecular formula is C6H4O6-. The Morgan fingerprint density at radius 1 is 0.833 bits per heavy atom. The smallest absolute Gasteiger partial charge is 0.220 e. The first-order valence-electron chi connectivity index (χ1n) is 2.80. The molecule has 0 fully saturated rings. The van der Waals surface area contributed by atoms with Crippen molar-refractivity contribution in [3.05, 3.63) is 0 Å². The molecule has 0 amide bonds. The van der Waals surface area contributed by atoms with E-state index in [1.54, 1.807) is 0 Å². The van der Waals surface area contributed by atoms with Crippen LogP contribution in [0.25, 0.3) is 0 Å². The Kier molecular flexibility index (Phi) is 1.53. The van der Waals surface area contributed by atoms with Crippen molar-refractivity contribution in [2.45, 2.75) is 0 Å². The molecule has 0 saturated carbocycles. The summed E-state index contributed by atoms with van der Waals surface area (Å²) in [4.78, 5) is 0. The lowest BCUT2D eigenvalue weighted by Gasteiger charge is -2.12. The van der Waals surface area contributed by atoms with Crippen molar-refractivity contribution in [1.82, 2.24) is 0 Å². The number of rotatable bonds is 0. The molecule has 0 atom stereocenters. The fourth-order valence-corrected chi connectivity index (χ4v) is 0.654. The first-order chi connectivity index (χ1) is 5.46. The van der Waals surface area contributed by atoms with Crippen molar-refractivity contribution >= 4 is 0 Å². The average molecular weight is 172 g/mol. The minimum absolute atomic E-state index is 1.20. The number of aromatic hydroxyl groups is 4. The molecule has 0 aliphatic rings. The summed E-state index contributed by atoms with van der Waals surface area (Å²) in [7, 11) is 0. The molecular weight excluding hydrogens is 168 g/mol. The predicted octanol–water partition coefficient (Wildman–Crippen LogP) is -0.274. The Balaban J connectivity index is 3.60. The summed E-state index contributed by atoms with van der Waals surface area (Å²) in [6.07, 6.45) is 0. The summed E-state index contributed by atoms with van der Waals surface area (Å²) in [5.41, 5.74) is 0. The number of phenolic OH excluding ortho intramolecular Hbond substituents is 4. The van der Waals surface area contributed by atoms with Crippen molar-refractivity contribution in [3.8, 4) is 34.5 Å². The molecule has 1 radical (unpaired) electrons. The lowest BCUT2D eigenvalue weighted by atomic mass is 10.2. The summed E-state index contributed by atoms with van der Waals surface area (Å²) in [6.45, 7) is 0. The van der Waals surface area contributed by atoms with Gasteiger partial charge in [-0.1, -0.05) is 0 Å². The van der Waals surface area contributed by atoms with Crippen molar-refractivity contribution in [3.63, 3.8) is 0 Å². The molecule has 65 valence electrons. The number of phenols is 4. The van der Waals surface area contributed by atoms with E-state index >= 15 is 0 Å². The van der Waals surface area contributed by atoms with Crippen LogP contribution in [-0.2, 0) is 5.11 Å². The molecule has 0 saturated heterocycles. The highest BCUT2D eigenvalue weighted by atomic mass is 16.4. The van der Waals surface area contributed by atoms with Crippen molar-refractivity contribution < 1.29 is 30.6 Å². The van der Waals surface area contributed by atoms with Crippen LogP contribution >= 0.6 is 0 Å². The molecule has 0 bridgehead atoms. The summed E-state index contributed by atoms with van der Waals surface area (Å²) < 4.78 is 0. The first kappa shape index (κ1) is 8.12. The van der Waals surface area contributed by atoms with Crippen LogP contribution in [0.4, 0.5) is 0 Å². The van der Waals surface area contributed by atoms with Gasteiger partial charge < -0.3 is 25.5 Å². The van der Waals surface area contributed by atoms with Gasteiger partial charge in [0.15, 0.2) is 5.75 Å². The molecule has 0 heterocycles. The van der Waals surface area contributed by atoms with Crippen LogP contribution in [0.1, 0.15) is 0 Å². The maximum absolute atomic E-state index is 10.6. The zero-order valence-corrected chi connectivity index (χ0v) is 5.61. The SMILES string of the molecule is [O]c1c([O-])c(O)c(O)c(O)c1O. The molecule has 12 heavy (non-hydrogen) atoms. The van der Waals surface area contributed by atoms with E-state index in [2.05, 4.69) is 0 Å². The summed E-state index contributed by atoms with van der Waals surface area (Å²) >= 11 is 0. The molecule has 4 N–H and O–H groups in total. The Labute approximate surface area is 66.2 Å². The van der Waals surface area contributed by atoms with Crippen LogP contribution in [0.15, 0.2) is 0 Å². The third-order valence-corrected chi connectivity index (χ3v) is 1.31. The van der Waals surface area contributed by atoms with Gasteiger partial charge in [0.25, 0.3) is 0 Å². The lowest BCUT2D eigenvalue weighted by Crippen LogP contribution is -1.91.